The Hall–Kier alpha value is -3.61. The number of carbonyl (C=O) groups excluding carboxylic acids is 1. The molecule has 0 bridgehead atoms. The van der Waals surface area contributed by atoms with Gasteiger partial charge in [0.05, 0.1) is 29.9 Å². The Balaban J connectivity index is 1.51. The minimum absolute atomic E-state index is 0.126. The number of halogens is 2. The van der Waals surface area contributed by atoms with Crippen LogP contribution in [0.3, 0.4) is 0 Å². The van der Waals surface area contributed by atoms with Gasteiger partial charge in [0.2, 0.25) is 0 Å². The standard InChI is InChI=1S/C26H24F2N4O/c1-4-15(2)17-7-8-18(20-12-31(3)30-25(17)20)16-10-22(27)21(23(28)11-16)13-32-14-24-19(26(32)33)6-5-9-29-24/h5-12,15H,4,13-14H2,1-3H3. The highest BCUT2D eigenvalue weighted by Crippen LogP contribution is 2.35. The van der Waals surface area contributed by atoms with E-state index in [4.69, 9.17) is 0 Å². The summed E-state index contributed by atoms with van der Waals surface area (Å²) in [6.45, 7) is 4.35. The third kappa shape index (κ3) is 3.57. The minimum Gasteiger partial charge on any atom is -0.328 e. The van der Waals surface area contributed by atoms with Crippen molar-refractivity contribution in [2.45, 2.75) is 39.3 Å². The summed E-state index contributed by atoms with van der Waals surface area (Å²) in [7, 11) is 1.84. The Morgan fingerprint density at radius 2 is 1.88 bits per heavy atom. The van der Waals surface area contributed by atoms with Crippen molar-refractivity contribution in [2.24, 2.45) is 7.05 Å². The van der Waals surface area contributed by atoms with Gasteiger partial charge >= 0.3 is 0 Å². The van der Waals surface area contributed by atoms with Crippen LogP contribution in [0.4, 0.5) is 8.78 Å². The number of fused-ring (bicyclic) bond motifs is 2. The third-order valence-corrected chi connectivity index (χ3v) is 6.51. The Bertz CT molecular complexity index is 1370. The van der Waals surface area contributed by atoms with E-state index in [9.17, 15) is 4.79 Å². The molecule has 2 aromatic heterocycles. The fraction of sp³-hybridized carbons (Fsp3) is 0.269. The average Bonchev–Trinajstić information content (AvgIpc) is 3.34. The summed E-state index contributed by atoms with van der Waals surface area (Å²) < 4.78 is 32.0. The van der Waals surface area contributed by atoms with Crippen molar-refractivity contribution in [1.82, 2.24) is 19.7 Å². The predicted octanol–water partition coefficient (Wildman–Crippen LogP) is 5.58. The summed E-state index contributed by atoms with van der Waals surface area (Å²) in [5.41, 5.74) is 4.12. The molecule has 7 heteroatoms. The number of rotatable bonds is 5. The first kappa shape index (κ1) is 21.2. The van der Waals surface area contributed by atoms with Crippen LogP contribution in [0.2, 0.25) is 0 Å². The molecule has 0 aliphatic carbocycles. The molecular formula is C26H24F2N4O. The monoisotopic (exact) mass is 446 g/mol. The molecule has 5 rings (SSSR count). The van der Waals surface area contributed by atoms with Gasteiger partial charge in [0.25, 0.3) is 5.91 Å². The number of hydrogen-bond acceptors (Lipinski definition) is 3. The van der Waals surface area contributed by atoms with Crippen LogP contribution in [0.1, 0.15) is 53.4 Å². The highest BCUT2D eigenvalue weighted by molar-refractivity contribution is 5.98. The van der Waals surface area contributed by atoms with Gasteiger partial charge in [-0.25, -0.2) is 8.78 Å². The van der Waals surface area contributed by atoms with Crippen LogP contribution < -0.4 is 0 Å². The van der Waals surface area contributed by atoms with Gasteiger partial charge in [-0.15, -0.1) is 0 Å². The average molecular weight is 447 g/mol. The molecule has 5 nitrogen and oxygen atoms in total. The molecule has 1 amide bonds. The van der Waals surface area contributed by atoms with E-state index in [1.165, 1.54) is 17.0 Å². The molecule has 0 saturated carbocycles. The van der Waals surface area contributed by atoms with Crippen molar-refractivity contribution < 1.29 is 13.6 Å². The molecule has 0 fully saturated rings. The Morgan fingerprint density at radius 3 is 2.58 bits per heavy atom. The lowest BCUT2D eigenvalue weighted by Gasteiger charge is -2.17. The van der Waals surface area contributed by atoms with E-state index < -0.39 is 11.6 Å². The first-order chi connectivity index (χ1) is 15.9. The molecule has 1 atom stereocenters. The van der Waals surface area contributed by atoms with Crippen molar-refractivity contribution in [1.29, 1.82) is 0 Å². The van der Waals surface area contributed by atoms with E-state index in [1.807, 2.05) is 25.4 Å². The van der Waals surface area contributed by atoms with Crippen molar-refractivity contribution in [3.8, 4) is 11.1 Å². The lowest BCUT2D eigenvalue weighted by atomic mass is 9.92. The molecular weight excluding hydrogens is 422 g/mol. The molecule has 0 saturated heterocycles. The number of aromatic nitrogens is 3. The fourth-order valence-electron chi connectivity index (χ4n) is 4.52. The van der Waals surface area contributed by atoms with E-state index in [1.54, 1.807) is 23.0 Å². The predicted molar refractivity (Wildman–Crippen MR) is 123 cm³/mol. The zero-order chi connectivity index (χ0) is 23.3. The van der Waals surface area contributed by atoms with Crippen molar-refractivity contribution in [2.75, 3.05) is 0 Å². The van der Waals surface area contributed by atoms with E-state index in [0.717, 1.165) is 28.5 Å². The molecule has 0 spiro atoms. The van der Waals surface area contributed by atoms with Gasteiger partial charge in [-0.3, -0.25) is 14.5 Å². The Labute approximate surface area is 190 Å². The van der Waals surface area contributed by atoms with Gasteiger partial charge in [0.1, 0.15) is 11.6 Å². The van der Waals surface area contributed by atoms with Gasteiger partial charge in [0, 0.05) is 30.4 Å². The van der Waals surface area contributed by atoms with Gasteiger partial charge in [-0.2, -0.15) is 5.10 Å². The molecule has 2 aromatic carbocycles. The van der Waals surface area contributed by atoms with Crippen molar-refractivity contribution in [3.05, 3.63) is 82.8 Å². The first-order valence-corrected chi connectivity index (χ1v) is 11.0. The van der Waals surface area contributed by atoms with Gasteiger partial charge in [-0.05, 0) is 53.3 Å². The molecule has 3 heterocycles. The molecule has 33 heavy (non-hydrogen) atoms. The normalized spacial score (nSPS) is 14.2. The zero-order valence-electron chi connectivity index (χ0n) is 18.8. The zero-order valence-corrected chi connectivity index (χ0v) is 18.8. The quantitative estimate of drug-likeness (QED) is 0.402. The number of hydrogen-bond donors (Lipinski definition) is 0. The van der Waals surface area contributed by atoms with E-state index in [0.29, 0.717) is 22.7 Å². The number of carbonyl (C=O) groups is 1. The molecule has 0 radical (unpaired) electrons. The maximum absolute atomic E-state index is 15.2. The summed E-state index contributed by atoms with van der Waals surface area (Å²) in [5, 5.41) is 5.47. The Kier molecular flexibility index (Phi) is 5.19. The van der Waals surface area contributed by atoms with E-state index in [2.05, 4.69) is 23.9 Å². The molecule has 1 aliphatic heterocycles. The number of aryl methyl sites for hydroxylation is 1. The summed E-state index contributed by atoms with van der Waals surface area (Å²) in [6, 6.07) is 9.95. The maximum Gasteiger partial charge on any atom is 0.256 e. The second-order valence-electron chi connectivity index (χ2n) is 8.65. The van der Waals surface area contributed by atoms with Gasteiger partial charge in [0.15, 0.2) is 0 Å². The fourth-order valence-corrected chi connectivity index (χ4v) is 4.52. The molecule has 0 N–H and O–H groups in total. The topological polar surface area (TPSA) is 51.0 Å². The maximum atomic E-state index is 15.2. The second kappa shape index (κ2) is 8.06. The van der Waals surface area contributed by atoms with Crippen LogP contribution in [0, 0.1) is 11.6 Å². The lowest BCUT2D eigenvalue weighted by molar-refractivity contribution is 0.0763. The third-order valence-electron chi connectivity index (χ3n) is 6.51. The SMILES string of the molecule is CCC(C)c1ccc(-c2cc(F)c(CN3Cc4ncccc4C3=O)c(F)c2)c2cn(C)nc12. The van der Waals surface area contributed by atoms with Gasteiger partial charge in [-0.1, -0.05) is 26.0 Å². The van der Waals surface area contributed by atoms with Gasteiger partial charge < -0.3 is 4.90 Å². The number of benzene rings is 2. The largest absolute Gasteiger partial charge is 0.328 e. The van der Waals surface area contributed by atoms with Crippen molar-refractivity contribution >= 4 is 16.8 Å². The first-order valence-electron chi connectivity index (χ1n) is 11.0. The van der Waals surface area contributed by atoms with Crippen LogP contribution >= 0.6 is 0 Å². The molecule has 168 valence electrons. The Morgan fingerprint density at radius 1 is 1.12 bits per heavy atom. The summed E-state index contributed by atoms with van der Waals surface area (Å²) in [6.07, 6.45) is 4.46. The molecule has 1 unspecified atom stereocenters. The molecule has 4 aromatic rings. The van der Waals surface area contributed by atoms with E-state index >= 15 is 8.78 Å². The van der Waals surface area contributed by atoms with Crippen LogP contribution in [-0.2, 0) is 20.1 Å². The summed E-state index contributed by atoms with van der Waals surface area (Å²) >= 11 is 0. The lowest BCUT2D eigenvalue weighted by Crippen LogP contribution is -2.24. The van der Waals surface area contributed by atoms with Crippen LogP contribution in [0.15, 0.2) is 48.8 Å². The van der Waals surface area contributed by atoms with E-state index in [-0.39, 0.29) is 24.6 Å². The summed E-state index contributed by atoms with van der Waals surface area (Å²) in [4.78, 5) is 18.2. The highest BCUT2D eigenvalue weighted by Gasteiger charge is 2.29. The van der Waals surface area contributed by atoms with Crippen molar-refractivity contribution in [3.63, 3.8) is 0 Å². The number of nitrogens with zero attached hydrogens (tertiary/aromatic N) is 4. The van der Waals surface area contributed by atoms with Crippen LogP contribution in [-0.4, -0.2) is 25.6 Å². The van der Waals surface area contributed by atoms with Crippen LogP contribution in [0.5, 0.6) is 0 Å². The highest BCUT2D eigenvalue weighted by atomic mass is 19.1. The number of amides is 1. The summed E-state index contributed by atoms with van der Waals surface area (Å²) in [5.74, 6) is -1.29. The second-order valence-corrected chi connectivity index (χ2v) is 8.65. The van der Waals surface area contributed by atoms with Crippen LogP contribution in [0.25, 0.3) is 22.0 Å². The number of pyridine rings is 1. The smallest absolute Gasteiger partial charge is 0.256 e. The molecule has 1 aliphatic rings. The minimum atomic E-state index is -0.676.